The summed E-state index contributed by atoms with van der Waals surface area (Å²) in [5.41, 5.74) is 7.52. The lowest BCUT2D eigenvalue weighted by atomic mass is 9.93. The van der Waals surface area contributed by atoms with Gasteiger partial charge in [0.1, 0.15) is 0 Å². The summed E-state index contributed by atoms with van der Waals surface area (Å²) in [5.74, 6) is -0.111. The fraction of sp³-hybridized carbons (Fsp3) is 0.263. The van der Waals surface area contributed by atoms with Crippen LogP contribution in [0, 0.1) is 0 Å². The van der Waals surface area contributed by atoms with E-state index in [0.717, 1.165) is 13.0 Å². The van der Waals surface area contributed by atoms with E-state index in [-0.39, 0.29) is 11.9 Å². The maximum atomic E-state index is 12.7. The number of likely N-dealkylation sites (tertiary alicyclic amines) is 1. The van der Waals surface area contributed by atoms with Crippen molar-refractivity contribution in [2.45, 2.75) is 25.3 Å². The van der Waals surface area contributed by atoms with Crippen LogP contribution in [0.2, 0.25) is 0 Å². The van der Waals surface area contributed by atoms with Crippen molar-refractivity contribution >= 4 is 11.8 Å². The van der Waals surface area contributed by atoms with E-state index in [9.17, 15) is 9.59 Å². The molecular formula is C19H20N2O2. The third-order valence-electron chi connectivity index (χ3n) is 4.66. The van der Waals surface area contributed by atoms with Crippen molar-refractivity contribution in [1.82, 2.24) is 4.90 Å². The van der Waals surface area contributed by atoms with Crippen LogP contribution < -0.4 is 5.73 Å². The lowest BCUT2D eigenvalue weighted by Gasteiger charge is -2.25. The highest BCUT2D eigenvalue weighted by Gasteiger charge is 2.34. The van der Waals surface area contributed by atoms with Crippen molar-refractivity contribution < 1.29 is 9.59 Å². The molecule has 2 atom stereocenters. The molecule has 2 aromatic carbocycles. The lowest BCUT2D eigenvalue weighted by molar-refractivity contribution is 0.0741. The monoisotopic (exact) mass is 308 g/mol. The molecule has 2 unspecified atom stereocenters. The second kappa shape index (κ2) is 6.24. The quantitative estimate of drug-likeness (QED) is 0.947. The fourth-order valence-corrected chi connectivity index (χ4v) is 3.32. The molecule has 0 spiro atoms. The predicted molar refractivity (Wildman–Crippen MR) is 89.3 cm³/mol. The molecule has 2 amide bonds. The van der Waals surface area contributed by atoms with Crippen molar-refractivity contribution in [3.8, 4) is 0 Å². The van der Waals surface area contributed by atoms with Gasteiger partial charge in [0.15, 0.2) is 0 Å². The molecule has 2 N–H and O–H groups in total. The first-order chi connectivity index (χ1) is 11.1. The Balaban J connectivity index is 1.77. The second-order valence-electron chi connectivity index (χ2n) is 5.99. The molecule has 4 heteroatoms. The molecule has 1 aliphatic rings. The molecule has 1 aliphatic heterocycles. The Kier molecular flexibility index (Phi) is 4.15. The zero-order valence-electron chi connectivity index (χ0n) is 13.1. The third kappa shape index (κ3) is 2.97. The summed E-state index contributed by atoms with van der Waals surface area (Å²) < 4.78 is 0. The number of nitrogens with zero attached hydrogens (tertiary/aromatic N) is 1. The molecule has 1 fully saturated rings. The van der Waals surface area contributed by atoms with Gasteiger partial charge in [-0.2, -0.15) is 0 Å². The Hall–Kier alpha value is -2.62. The molecule has 0 bridgehead atoms. The Bertz CT molecular complexity index is 710. The minimum absolute atomic E-state index is 0.00644. The van der Waals surface area contributed by atoms with E-state index in [1.54, 1.807) is 24.3 Å². The first-order valence-corrected chi connectivity index (χ1v) is 7.83. The Labute approximate surface area is 135 Å². The highest BCUT2D eigenvalue weighted by Crippen LogP contribution is 2.34. The van der Waals surface area contributed by atoms with Gasteiger partial charge in [0.25, 0.3) is 5.91 Å². The summed E-state index contributed by atoms with van der Waals surface area (Å²) in [6.45, 7) is 2.84. The van der Waals surface area contributed by atoms with Crippen LogP contribution in [0.3, 0.4) is 0 Å². The number of rotatable bonds is 3. The number of primary amides is 1. The first-order valence-electron chi connectivity index (χ1n) is 7.83. The van der Waals surface area contributed by atoms with Gasteiger partial charge in [0, 0.05) is 29.6 Å². The van der Waals surface area contributed by atoms with Gasteiger partial charge in [-0.1, -0.05) is 30.3 Å². The van der Waals surface area contributed by atoms with Crippen LogP contribution in [-0.4, -0.2) is 29.3 Å². The summed E-state index contributed by atoms with van der Waals surface area (Å²) in [7, 11) is 0. The van der Waals surface area contributed by atoms with Crippen LogP contribution in [0.25, 0.3) is 0 Å². The van der Waals surface area contributed by atoms with Crippen LogP contribution in [0.1, 0.15) is 45.5 Å². The number of hydrogen-bond acceptors (Lipinski definition) is 2. The standard InChI is InChI=1S/C19H20N2O2/c1-13-17(14-5-3-2-4-6-14)11-12-21(13)19(23)16-9-7-15(8-10-16)18(20)22/h2-10,13,17H,11-12H2,1H3,(H2,20,22). The van der Waals surface area contributed by atoms with E-state index in [0.29, 0.717) is 17.0 Å². The molecule has 0 radical (unpaired) electrons. The van der Waals surface area contributed by atoms with Crippen LogP contribution in [0.4, 0.5) is 0 Å². The number of hydrogen-bond donors (Lipinski definition) is 1. The largest absolute Gasteiger partial charge is 0.366 e. The van der Waals surface area contributed by atoms with Gasteiger partial charge in [-0.05, 0) is 43.2 Å². The highest BCUT2D eigenvalue weighted by molar-refractivity contribution is 5.97. The van der Waals surface area contributed by atoms with E-state index in [2.05, 4.69) is 19.1 Å². The Morgan fingerprint density at radius 3 is 2.22 bits per heavy atom. The molecule has 0 aliphatic carbocycles. The lowest BCUT2D eigenvalue weighted by Crippen LogP contribution is -2.35. The van der Waals surface area contributed by atoms with Gasteiger partial charge < -0.3 is 10.6 Å². The molecule has 118 valence electrons. The average Bonchev–Trinajstić information content (AvgIpc) is 2.96. The molecule has 0 saturated carbocycles. The van der Waals surface area contributed by atoms with Gasteiger partial charge in [-0.3, -0.25) is 9.59 Å². The predicted octanol–water partition coefficient (Wildman–Crippen LogP) is 2.80. The van der Waals surface area contributed by atoms with E-state index in [4.69, 9.17) is 5.73 Å². The summed E-state index contributed by atoms with van der Waals surface area (Å²) in [5, 5.41) is 0. The molecule has 3 rings (SSSR count). The minimum Gasteiger partial charge on any atom is -0.366 e. The smallest absolute Gasteiger partial charge is 0.254 e. The Morgan fingerprint density at radius 2 is 1.61 bits per heavy atom. The van der Waals surface area contributed by atoms with Crippen molar-refractivity contribution in [1.29, 1.82) is 0 Å². The zero-order valence-corrected chi connectivity index (χ0v) is 13.1. The average molecular weight is 308 g/mol. The van der Waals surface area contributed by atoms with E-state index in [1.807, 2.05) is 23.1 Å². The molecular weight excluding hydrogens is 288 g/mol. The molecule has 0 aromatic heterocycles. The maximum Gasteiger partial charge on any atom is 0.254 e. The van der Waals surface area contributed by atoms with E-state index in [1.165, 1.54) is 5.56 Å². The minimum atomic E-state index is -0.484. The first kappa shape index (κ1) is 15.3. The number of carbonyl (C=O) groups excluding carboxylic acids is 2. The number of nitrogens with two attached hydrogens (primary N) is 1. The number of carbonyl (C=O) groups is 2. The van der Waals surface area contributed by atoms with Crippen molar-refractivity contribution in [3.05, 3.63) is 71.3 Å². The zero-order chi connectivity index (χ0) is 16.4. The van der Waals surface area contributed by atoms with Gasteiger partial charge in [-0.15, -0.1) is 0 Å². The molecule has 1 heterocycles. The Morgan fingerprint density at radius 1 is 1.00 bits per heavy atom. The summed E-state index contributed by atoms with van der Waals surface area (Å²) in [4.78, 5) is 25.8. The van der Waals surface area contributed by atoms with Gasteiger partial charge in [0.05, 0.1) is 0 Å². The molecule has 2 aromatic rings. The van der Waals surface area contributed by atoms with Crippen LogP contribution in [0.15, 0.2) is 54.6 Å². The maximum absolute atomic E-state index is 12.7. The van der Waals surface area contributed by atoms with E-state index >= 15 is 0 Å². The van der Waals surface area contributed by atoms with Crippen molar-refractivity contribution in [2.75, 3.05) is 6.54 Å². The van der Waals surface area contributed by atoms with Crippen molar-refractivity contribution in [3.63, 3.8) is 0 Å². The van der Waals surface area contributed by atoms with Gasteiger partial charge >= 0.3 is 0 Å². The molecule has 23 heavy (non-hydrogen) atoms. The van der Waals surface area contributed by atoms with Crippen LogP contribution in [-0.2, 0) is 0 Å². The topological polar surface area (TPSA) is 63.4 Å². The van der Waals surface area contributed by atoms with Crippen LogP contribution >= 0.6 is 0 Å². The summed E-state index contributed by atoms with van der Waals surface area (Å²) in [6.07, 6.45) is 0.969. The van der Waals surface area contributed by atoms with Gasteiger partial charge in [-0.25, -0.2) is 0 Å². The number of amides is 2. The molecule has 1 saturated heterocycles. The second-order valence-corrected chi connectivity index (χ2v) is 5.99. The highest BCUT2D eigenvalue weighted by atomic mass is 16.2. The molecule has 4 nitrogen and oxygen atoms in total. The van der Waals surface area contributed by atoms with Crippen molar-refractivity contribution in [2.24, 2.45) is 5.73 Å². The SMILES string of the molecule is CC1C(c2ccccc2)CCN1C(=O)c1ccc(C(N)=O)cc1. The summed E-state index contributed by atoms with van der Waals surface area (Å²) >= 11 is 0. The van der Waals surface area contributed by atoms with E-state index < -0.39 is 5.91 Å². The van der Waals surface area contributed by atoms with Crippen LogP contribution in [0.5, 0.6) is 0 Å². The normalized spacial score (nSPS) is 20.5. The fourth-order valence-electron chi connectivity index (χ4n) is 3.32. The third-order valence-corrected chi connectivity index (χ3v) is 4.66. The number of benzene rings is 2. The van der Waals surface area contributed by atoms with Gasteiger partial charge in [0.2, 0.25) is 5.91 Å². The summed E-state index contributed by atoms with van der Waals surface area (Å²) in [6, 6.07) is 17.0.